The lowest BCUT2D eigenvalue weighted by atomic mass is 10.1. The van der Waals surface area contributed by atoms with Gasteiger partial charge in [-0.15, -0.1) is 0 Å². The van der Waals surface area contributed by atoms with Gasteiger partial charge in [-0.3, -0.25) is 9.69 Å². The molecule has 4 rings (SSSR count). The van der Waals surface area contributed by atoms with Gasteiger partial charge in [-0.05, 0) is 42.0 Å². The Morgan fingerprint density at radius 3 is 2.52 bits per heavy atom. The van der Waals surface area contributed by atoms with Gasteiger partial charge in [-0.25, -0.2) is 9.18 Å². The summed E-state index contributed by atoms with van der Waals surface area (Å²) >= 11 is 0. The number of rotatable bonds is 4. The number of methoxy groups -OCH3 is 1. The Balaban J connectivity index is 1.44. The van der Waals surface area contributed by atoms with Crippen molar-refractivity contribution >= 4 is 22.6 Å². The van der Waals surface area contributed by atoms with Crippen LogP contribution in [-0.4, -0.2) is 49.1 Å². The number of ether oxygens (including phenoxy) is 1. The largest absolute Gasteiger partial charge is 0.465 e. The van der Waals surface area contributed by atoms with E-state index in [1.807, 2.05) is 24.3 Å². The average molecular weight is 395 g/mol. The van der Waals surface area contributed by atoms with Crippen molar-refractivity contribution in [2.24, 2.45) is 0 Å². The molecule has 0 atom stereocenters. The minimum atomic E-state index is -0.642. The van der Waals surface area contributed by atoms with Crippen molar-refractivity contribution in [2.75, 3.05) is 38.2 Å². The third-order valence-electron chi connectivity index (χ3n) is 5.32. The highest BCUT2D eigenvalue weighted by atomic mass is 19.1. The number of carbonyl (C=O) groups is 1. The zero-order chi connectivity index (χ0) is 20.4. The van der Waals surface area contributed by atoms with Crippen molar-refractivity contribution in [3.8, 4) is 0 Å². The number of H-pyrrole nitrogens is 1. The van der Waals surface area contributed by atoms with Crippen LogP contribution >= 0.6 is 0 Å². The van der Waals surface area contributed by atoms with Gasteiger partial charge in [0.05, 0.1) is 7.11 Å². The normalized spacial score (nSPS) is 14.9. The Morgan fingerprint density at radius 2 is 1.83 bits per heavy atom. The average Bonchev–Trinajstić information content (AvgIpc) is 2.75. The van der Waals surface area contributed by atoms with E-state index in [2.05, 4.69) is 19.5 Å². The molecule has 29 heavy (non-hydrogen) atoms. The number of anilines is 1. The maximum atomic E-state index is 13.1. The number of pyridine rings is 1. The highest BCUT2D eigenvalue weighted by Crippen LogP contribution is 2.19. The maximum Gasteiger partial charge on any atom is 0.343 e. The first-order chi connectivity index (χ1) is 14.0. The van der Waals surface area contributed by atoms with Gasteiger partial charge in [0.2, 0.25) is 5.43 Å². The first-order valence-corrected chi connectivity index (χ1v) is 9.50. The maximum absolute atomic E-state index is 13.1. The number of halogens is 1. The summed E-state index contributed by atoms with van der Waals surface area (Å²) in [4.78, 5) is 31.8. The number of hydrogen-bond acceptors (Lipinski definition) is 5. The summed E-state index contributed by atoms with van der Waals surface area (Å²) in [5.74, 6) is -0.864. The molecule has 7 heteroatoms. The fourth-order valence-corrected chi connectivity index (χ4v) is 3.70. The molecule has 1 aliphatic heterocycles. The van der Waals surface area contributed by atoms with E-state index < -0.39 is 5.97 Å². The van der Waals surface area contributed by atoms with Crippen molar-refractivity contribution in [1.82, 2.24) is 9.88 Å². The second-order valence-electron chi connectivity index (χ2n) is 7.14. The highest BCUT2D eigenvalue weighted by Gasteiger charge is 2.18. The third-order valence-corrected chi connectivity index (χ3v) is 5.32. The lowest BCUT2D eigenvalue weighted by molar-refractivity contribution is 0.0599. The molecule has 1 aromatic heterocycles. The van der Waals surface area contributed by atoms with E-state index >= 15 is 0 Å². The Kier molecular flexibility index (Phi) is 5.31. The molecule has 1 saturated heterocycles. The molecule has 0 amide bonds. The van der Waals surface area contributed by atoms with Gasteiger partial charge < -0.3 is 14.6 Å². The second-order valence-corrected chi connectivity index (χ2v) is 7.14. The standard InChI is InChI=1S/C22H22FN3O3/c1-29-22(28)19-13-24-20-12-15(2-7-18(20)21(19)27)14-25-8-10-26(11-9-25)17-5-3-16(23)4-6-17/h2-7,12-13H,8-11,14H2,1H3,(H,24,27). The molecule has 2 heterocycles. The molecule has 0 aliphatic carbocycles. The van der Waals surface area contributed by atoms with Gasteiger partial charge in [0.25, 0.3) is 0 Å². The Labute approximate surface area is 167 Å². The number of piperazine rings is 1. The molecule has 150 valence electrons. The first kappa shape index (κ1) is 19.1. The summed E-state index contributed by atoms with van der Waals surface area (Å²) < 4.78 is 17.8. The summed E-state index contributed by atoms with van der Waals surface area (Å²) in [5.41, 5.74) is 2.50. The molecule has 3 aromatic rings. The Bertz CT molecular complexity index is 1090. The van der Waals surface area contributed by atoms with E-state index in [0.29, 0.717) is 10.9 Å². The molecule has 1 fully saturated rings. The van der Waals surface area contributed by atoms with Crippen LogP contribution in [0, 0.1) is 5.82 Å². The Morgan fingerprint density at radius 1 is 1.10 bits per heavy atom. The summed E-state index contributed by atoms with van der Waals surface area (Å²) in [6, 6.07) is 12.2. The van der Waals surface area contributed by atoms with Crippen molar-refractivity contribution < 1.29 is 13.9 Å². The van der Waals surface area contributed by atoms with E-state index in [1.165, 1.54) is 25.4 Å². The van der Waals surface area contributed by atoms with Crippen LogP contribution in [0.25, 0.3) is 10.9 Å². The van der Waals surface area contributed by atoms with Gasteiger partial charge in [0, 0.05) is 55.5 Å². The molecule has 6 nitrogen and oxygen atoms in total. The smallest absolute Gasteiger partial charge is 0.343 e. The fourth-order valence-electron chi connectivity index (χ4n) is 3.70. The van der Waals surface area contributed by atoms with Gasteiger partial charge in [-0.2, -0.15) is 0 Å². The first-order valence-electron chi connectivity index (χ1n) is 9.50. The van der Waals surface area contributed by atoms with E-state index in [0.717, 1.165) is 44.0 Å². The molecule has 0 spiro atoms. The number of nitrogens with zero attached hydrogens (tertiary/aromatic N) is 2. The summed E-state index contributed by atoms with van der Waals surface area (Å²) in [5, 5.41) is 0.470. The number of aromatic amines is 1. The number of benzene rings is 2. The predicted octanol–water partition coefficient (Wildman–Crippen LogP) is 2.78. The fraction of sp³-hybridized carbons (Fsp3) is 0.273. The molecule has 1 N–H and O–H groups in total. The highest BCUT2D eigenvalue weighted by molar-refractivity contribution is 5.93. The van der Waals surface area contributed by atoms with Crippen LogP contribution in [0.1, 0.15) is 15.9 Å². The van der Waals surface area contributed by atoms with E-state index in [1.54, 1.807) is 6.07 Å². The summed E-state index contributed by atoms with van der Waals surface area (Å²) in [7, 11) is 1.25. The minimum absolute atomic E-state index is 0.00432. The lowest BCUT2D eigenvalue weighted by Gasteiger charge is -2.36. The monoisotopic (exact) mass is 395 g/mol. The van der Waals surface area contributed by atoms with Gasteiger partial charge in [0.1, 0.15) is 11.4 Å². The second kappa shape index (κ2) is 8.05. The molecular weight excluding hydrogens is 373 g/mol. The minimum Gasteiger partial charge on any atom is -0.465 e. The van der Waals surface area contributed by atoms with Crippen molar-refractivity contribution in [3.63, 3.8) is 0 Å². The van der Waals surface area contributed by atoms with Gasteiger partial charge in [0.15, 0.2) is 0 Å². The lowest BCUT2D eigenvalue weighted by Crippen LogP contribution is -2.45. The zero-order valence-corrected chi connectivity index (χ0v) is 16.2. The van der Waals surface area contributed by atoms with Crippen molar-refractivity contribution in [1.29, 1.82) is 0 Å². The molecule has 0 bridgehead atoms. The molecule has 0 unspecified atom stereocenters. The molecule has 2 aromatic carbocycles. The van der Waals surface area contributed by atoms with E-state index in [-0.39, 0.29) is 16.8 Å². The summed E-state index contributed by atoms with van der Waals surface area (Å²) in [6.07, 6.45) is 1.40. The van der Waals surface area contributed by atoms with Crippen LogP contribution in [-0.2, 0) is 11.3 Å². The zero-order valence-electron chi connectivity index (χ0n) is 16.2. The molecule has 0 radical (unpaired) electrons. The van der Waals surface area contributed by atoms with Crippen LogP contribution in [0.2, 0.25) is 0 Å². The Hall–Kier alpha value is -3.19. The van der Waals surface area contributed by atoms with E-state index in [9.17, 15) is 14.0 Å². The molecular formula is C22H22FN3O3. The van der Waals surface area contributed by atoms with Crippen LogP contribution < -0.4 is 10.3 Å². The van der Waals surface area contributed by atoms with Crippen molar-refractivity contribution in [2.45, 2.75) is 6.54 Å². The van der Waals surface area contributed by atoms with Gasteiger partial charge >= 0.3 is 5.97 Å². The number of nitrogens with one attached hydrogen (secondary N) is 1. The number of esters is 1. The number of aromatic nitrogens is 1. The number of hydrogen-bond donors (Lipinski definition) is 1. The van der Waals surface area contributed by atoms with Crippen LogP contribution in [0.3, 0.4) is 0 Å². The molecule has 1 aliphatic rings. The van der Waals surface area contributed by atoms with Crippen LogP contribution in [0.15, 0.2) is 53.5 Å². The van der Waals surface area contributed by atoms with E-state index in [4.69, 9.17) is 0 Å². The predicted molar refractivity (Wildman–Crippen MR) is 110 cm³/mol. The number of fused-ring (bicyclic) bond motifs is 1. The SMILES string of the molecule is COC(=O)c1c[nH]c2cc(CN3CCN(c4ccc(F)cc4)CC3)ccc2c1=O. The van der Waals surface area contributed by atoms with Gasteiger partial charge in [-0.1, -0.05) is 6.07 Å². The van der Waals surface area contributed by atoms with Crippen LogP contribution in [0.4, 0.5) is 10.1 Å². The van der Waals surface area contributed by atoms with Crippen molar-refractivity contribution in [3.05, 3.63) is 75.8 Å². The third kappa shape index (κ3) is 4.00. The molecule has 0 saturated carbocycles. The summed E-state index contributed by atoms with van der Waals surface area (Å²) in [6.45, 7) is 4.31. The number of carbonyl (C=O) groups excluding carboxylic acids is 1. The topological polar surface area (TPSA) is 65.6 Å². The quantitative estimate of drug-likeness (QED) is 0.688. The van der Waals surface area contributed by atoms with Crippen LogP contribution in [0.5, 0.6) is 0 Å².